The maximum absolute atomic E-state index is 11.5. The van der Waals surface area contributed by atoms with Gasteiger partial charge in [-0.25, -0.2) is 9.59 Å². The fourth-order valence-corrected chi connectivity index (χ4v) is 3.35. The van der Waals surface area contributed by atoms with E-state index in [0.717, 1.165) is 27.9 Å². The monoisotopic (exact) mass is 498 g/mol. The van der Waals surface area contributed by atoms with E-state index < -0.39 is 0 Å². The molecule has 2 heterocycles. The van der Waals surface area contributed by atoms with Gasteiger partial charge in [-0.3, -0.25) is 10.2 Å². The zero-order valence-corrected chi connectivity index (χ0v) is 19.4. The number of hydrogen-bond donors (Lipinski definition) is 2. The highest BCUT2D eigenvalue weighted by Gasteiger charge is 2.13. The first kappa shape index (κ1) is 29.1. The van der Waals surface area contributed by atoms with Crippen LogP contribution in [-0.2, 0) is 9.47 Å². The zero-order chi connectivity index (χ0) is 24.0. The molecule has 2 N–H and O–H groups in total. The molecular weight excluding hydrogens is 468 g/mol. The maximum Gasteiger partial charge on any atom is 0.337 e. The van der Waals surface area contributed by atoms with Crippen LogP contribution in [0.5, 0.6) is 0 Å². The molecule has 2 aromatic heterocycles. The van der Waals surface area contributed by atoms with E-state index in [9.17, 15) is 9.59 Å². The number of hydrogen-bond acceptors (Lipinski definition) is 6. The molecule has 8 nitrogen and oxygen atoms in total. The van der Waals surface area contributed by atoms with E-state index in [1.54, 1.807) is 30.5 Å². The lowest BCUT2D eigenvalue weighted by Gasteiger charge is -2.06. The van der Waals surface area contributed by atoms with Gasteiger partial charge in [0.15, 0.2) is 0 Å². The van der Waals surface area contributed by atoms with Crippen molar-refractivity contribution in [1.29, 1.82) is 0 Å². The minimum atomic E-state index is -0.373. The highest BCUT2D eigenvalue weighted by atomic mass is 35.5. The number of ether oxygens (including phenoxy) is 2. The number of nitrogens with zero attached hydrogens (tertiary/aromatic N) is 2. The number of carbonyl (C=O) groups excluding carboxylic acids is 2. The second-order valence-electron chi connectivity index (χ2n) is 7.11. The summed E-state index contributed by atoms with van der Waals surface area (Å²) >= 11 is 6.00. The summed E-state index contributed by atoms with van der Waals surface area (Å²) in [7, 11) is 2.73. The van der Waals surface area contributed by atoms with Crippen molar-refractivity contribution in [2.75, 3.05) is 14.2 Å². The van der Waals surface area contributed by atoms with E-state index in [1.165, 1.54) is 20.4 Å². The van der Waals surface area contributed by atoms with Crippen LogP contribution in [0.15, 0.2) is 54.9 Å². The van der Waals surface area contributed by atoms with Gasteiger partial charge >= 0.3 is 11.9 Å². The number of rotatable bonds is 4. The van der Waals surface area contributed by atoms with Gasteiger partial charge in [-0.1, -0.05) is 38.6 Å². The molecule has 0 atom stereocenters. The Kier molecular flexibility index (Phi) is 10.9. The van der Waals surface area contributed by atoms with Gasteiger partial charge in [-0.05, 0) is 55.3 Å². The highest BCUT2D eigenvalue weighted by molar-refractivity contribution is 6.33. The predicted molar refractivity (Wildman–Crippen MR) is 139 cm³/mol. The molecule has 4 aromatic rings. The summed E-state index contributed by atoms with van der Waals surface area (Å²) in [5, 5.41) is 14.0. The molecule has 0 aliphatic rings. The van der Waals surface area contributed by atoms with E-state index in [2.05, 4.69) is 29.9 Å². The number of benzene rings is 2. The molecule has 0 bridgehead atoms. The second-order valence-corrected chi connectivity index (χ2v) is 7.51. The first-order chi connectivity index (χ1) is 15.8. The molecule has 0 saturated heterocycles. The molecule has 4 rings (SSSR count). The van der Waals surface area contributed by atoms with Crippen molar-refractivity contribution in [2.45, 2.75) is 28.7 Å². The predicted octanol–water partition coefficient (Wildman–Crippen LogP) is 6.27. The van der Waals surface area contributed by atoms with E-state index >= 15 is 0 Å². The van der Waals surface area contributed by atoms with Crippen molar-refractivity contribution < 1.29 is 19.1 Å². The van der Waals surface area contributed by atoms with E-state index in [-0.39, 0.29) is 26.8 Å². The summed E-state index contributed by atoms with van der Waals surface area (Å²) in [6, 6.07) is 12.6. The average Bonchev–Trinajstić information content (AvgIpc) is 3.51. The fourth-order valence-electron chi connectivity index (χ4n) is 3.16. The van der Waals surface area contributed by atoms with Crippen LogP contribution in [0, 0.1) is 13.8 Å². The van der Waals surface area contributed by atoms with Crippen LogP contribution in [0.4, 0.5) is 0 Å². The molecule has 9 heteroatoms. The van der Waals surface area contributed by atoms with E-state index in [0.29, 0.717) is 21.8 Å². The van der Waals surface area contributed by atoms with Gasteiger partial charge in [0.2, 0.25) is 0 Å². The molecule has 0 fully saturated rings. The molecule has 0 unspecified atom stereocenters. The molecule has 0 spiro atoms. The first-order valence-corrected chi connectivity index (χ1v) is 10.3. The van der Waals surface area contributed by atoms with E-state index in [4.69, 9.17) is 11.6 Å². The van der Waals surface area contributed by atoms with Crippen molar-refractivity contribution in [2.24, 2.45) is 0 Å². The van der Waals surface area contributed by atoms with Gasteiger partial charge in [0, 0.05) is 17.3 Å². The van der Waals surface area contributed by atoms with Crippen molar-refractivity contribution >= 4 is 23.5 Å². The number of halogens is 1. The van der Waals surface area contributed by atoms with Crippen LogP contribution < -0.4 is 0 Å². The van der Waals surface area contributed by atoms with Crippen molar-refractivity contribution in [3.63, 3.8) is 0 Å². The highest BCUT2D eigenvalue weighted by Crippen LogP contribution is 2.29. The number of esters is 2. The molecule has 0 aliphatic carbocycles. The number of methoxy groups -OCH3 is 2. The smallest absolute Gasteiger partial charge is 0.337 e. The summed E-state index contributed by atoms with van der Waals surface area (Å²) in [6.07, 6.45) is 3.21. The number of aromatic nitrogens is 4. The number of aromatic amines is 2. The Morgan fingerprint density at radius 3 is 1.80 bits per heavy atom. The second kappa shape index (κ2) is 13.1. The van der Waals surface area contributed by atoms with Gasteiger partial charge in [0.05, 0.1) is 48.0 Å². The summed E-state index contributed by atoms with van der Waals surface area (Å²) in [4.78, 5) is 22.8. The Balaban J connectivity index is 0.000000332. The minimum absolute atomic E-state index is 0. The normalized spacial score (nSPS) is 9.63. The third-order valence-corrected chi connectivity index (χ3v) is 5.26. The van der Waals surface area contributed by atoms with Crippen LogP contribution >= 0.6 is 11.6 Å². The Labute approximate surface area is 210 Å². The van der Waals surface area contributed by atoms with Crippen LogP contribution in [0.25, 0.3) is 22.5 Å². The molecule has 0 amide bonds. The Morgan fingerprint density at radius 1 is 0.800 bits per heavy atom. The standard InChI is InChI=1S/C12H11ClN2O2.C12H12N2O2.2CH4/c1-7-3-4-8(12(16)17-2)5-9(7)11-10(13)6-14-15-11;1-8-3-4-9(12(15)16-2)7-10(8)11-5-6-13-14-11;;/h3-6H,1-2H3,(H,14,15);3-7H,1-2H3,(H,13,14);2*1H4. The number of carbonyl (C=O) groups is 2. The van der Waals surface area contributed by atoms with Crippen LogP contribution in [0.2, 0.25) is 5.02 Å². The summed E-state index contributed by atoms with van der Waals surface area (Å²) in [5.74, 6) is -0.706. The van der Waals surface area contributed by atoms with Crippen LogP contribution in [0.1, 0.15) is 46.7 Å². The van der Waals surface area contributed by atoms with E-state index in [1.807, 2.05) is 32.0 Å². The van der Waals surface area contributed by atoms with Gasteiger partial charge in [-0.2, -0.15) is 10.2 Å². The van der Waals surface area contributed by atoms with Crippen molar-refractivity contribution in [3.05, 3.63) is 82.1 Å². The average molecular weight is 499 g/mol. The lowest BCUT2D eigenvalue weighted by atomic mass is 10.0. The molecular formula is C26H31ClN4O4. The zero-order valence-electron chi connectivity index (χ0n) is 18.6. The van der Waals surface area contributed by atoms with Crippen molar-refractivity contribution in [3.8, 4) is 22.5 Å². The topological polar surface area (TPSA) is 110 Å². The fraction of sp³-hybridized carbons (Fsp3) is 0.231. The van der Waals surface area contributed by atoms with Crippen LogP contribution in [0.3, 0.4) is 0 Å². The molecule has 0 saturated carbocycles. The number of aryl methyl sites for hydroxylation is 2. The molecule has 2 aromatic carbocycles. The Morgan fingerprint density at radius 2 is 1.34 bits per heavy atom. The third kappa shape index (κ3) is 6.80. The van der Waals surface area contributed by atoms with Gasteiger partial charge in [-0.15, -0.1) is 0 Å². The molecule has 0 radical (unpaired) electrons. The number of H-pyrrole nitrogens is 2. The van der Waals surface area contributed by atoms with Crippen LogP contribution in [-0.4, -0.2) is 46.6 Å². The first-order valence-electron chi connectivity index (χ1n) is 9.92. The third-order valence-electron chi connectivity index (χ3n) is 4.97. The molecule has 186 valence electrons. The molecule has 0 aliphatic heterocycles. The lowest BCUT2D eigenvalue weighted by molar-refractivity contribution is 0.0592. The minimum Gasteiger partial charge on any atom is -0.465 e. The van der Waals surface area contributed by atoms with Crippen molar-refractivity contribution in [1.82, 2.24) is 20.4 Å². The molecule has 35 heavy (non-hydrogen) atoms. The Hall–Kier alpha value is -3.91. The quantitative estimate of drug-likeness (QED) is 0.321. The summed E-state index contributed by atoms with van der Waals surface area (Å²) in [5.41, 5.74) is 6.51. The SMILES string of the molecule is C.C.COC(=O)c1ccc(C)c(-c2[nH]ncc2Cl)c1.COC(=O)c1ccc(C)c(-c2ccn[nH]2)c1. The Bertz CT molecular complexity index is 1270. The van der Waals surface area contributed by atoms with Gasteiger partial charge in [0.25, 0.3) is 0 Å². The summed E-state index contributed by atoms with van der Waals surface area (Å²) < 4.78 is 9.36. The number of nitrogens with one attached hydrogen (secondary N) is 2. The summed E-state index contributed by atoms with van der Waals surface area (Å²) in [6.45, 7) is 3.92. The van der Waals surface area contributed by atoms with Gasteiger partial charge in [0.1, 0.15) is 0 Å². The lowest BCUT2D eigenvalue weighted by Crippen LogP contribution is -2.01. The maximum atomic E-state index is 11.5. The largest absolute Gasteiger partial charge is 0.465 e. The van der Waals surface area contributed by atoms with Gasteiger partial charge < -0.3 is 9.47 Å².